The summed E-state index contributed by atoms with van der Waals surface area (Å²) in [5.74, 6) is -1.04. The van der Waals surface area contributed by atoms with Crippen LogP contribution in [-0.4, -0.2) is 49.0 Å². The molecule has 4 nitrogen and oxygen atoms in total. The van der Waals surface area contributed by atoms with Gasteiger partial charge in [-0.1, -0.05) is 6.07 Å². The summed E-state index contributed by atoms with van der Waals surface area (Å²) >= 11 is 0. The molecule has 0 aromatic heterocycles. The highest BCUT2D eigenvalue weighted by molar-refractivity contribution is 5.40. The van der Waals surface area contributed by atoms with Crippen LogP contribution in [0.5, 0.6) is 5.75 Å². The van der Waals surface area contributed by atoms with Crippen LogP contribution in [0.2, 0.25) is 0 Å². The van der Waals surface area contributed by atoms with Crippen LogP contribution in [0, 0.1) is 5.82 Å². The van der Waals surface area contributed by atoms with Gasteiger partial charge in [-0.15, -0.1) is 0 Å². The van der Waals surface area contributed by atoms with Gasteiger partial charge in [0.1, 0.15) is 11.6 Å². The smallest absolute Gasteiger partial charge is 0.387 e. The Hall–Kier alpha value is -1.31. The Bertz CT molecular complexity index is 541. The van der Waals surface area contributed by atoms with Gasteiger partial charge in [0.25, 0.3) is 0 Å². The van der Waals surface area contributed by atoms with Gasteiger partial charge in [0.2, 0.25) is 0 Å². The van der Waals surface area contributed by atoms with Crippen LogP contribution >= 0.6 is 0 Å². The Kier molecular flexibility index (Phi) is 4.05. The quantitative estimate of drug-likeness (QED) is 0.927. The van der Waals surface area contributed by atoms with Gasteiger partial charge in [0, 0.05) is 12.1 Å². The molecule has 0 amide bonds. The Balaban J connectivity index is 1.99. The molecule has 2 aliphatic rings. The van der Waals surface area contributed by atoms with E-state index in [0.29, 0.717) is 13.2 Å². The highest BCUT2D eigenvalue weighted by atomic mass is 19.3. The van der Waals surface area contributed by atoms with Crippen LogP contribution in [0.15, 0.2) is 18.2 Å². The largest absolute Gasteiger partial charge is 0.434 e. The Morgan fingerprint density at radius 1 is 1.32 bits per heavy atom. The molecular formula is C15H18F3NO3. The number of benzene rings is 1. The predicted octanol–water partition coefficient (Wildman–Crippen LogP) is 2.11. The molecular weight excluding hydrogens is 299 g/mol. The number of piperidine rings is 1. The number of hydrogen-bond acceptors (Lipinski definition) is 4. The molecule has 2 aliphatic heterocycles. The Morgan fingerprint density at radius 3 is 2.55 bits per heavy atom. The van der Waals surface area contributed by atoms with E-state index in [1.165, 1.54) is 12.1 Å². The fourth-order valence-corrected chi connectivity index (χ4v) is 3.50. The molecule has 2 fully saturated rings. The SMILES string of the molecule is CN1C2COCC1CC(O)(c1c(F)cccc1OC(F)F)C2. The molecule has 0 spiro atoms. The van der Waals surface area contributed by atoms with Gasteiger partial charge in [-0.3, -0.25) is 4.90 Å². The molecule has 0 aliphatic carbocycles. The number of nitrogens with zero attached hydrogens (tertiary/aromatic N) is 1. The van der Waals surface area contributed by atoms with E-state index in [0.717, 1.165) is 6.07 Å². The van der Waals surface area contributed by atoms with Gasteiger partial charge < -0.3 is 14.6 Å². The lowest BCUT2D eigenvalue weighted by molar-refractivity contribution is -0.140. The van der Waals surface area contributed by atoms with Crippen molar-refractivity contribution in [3.05, 3.63) is 29.6 Å². The highest BCUT2D eigenvalue weighted by Gasteiger charge is 2.48. The normalized spacial score (nSPS) is 32.3. The van der Waals surface area contributed by atoms with Crippen molar-refractivity contribution in [2.75, 3.05) is 20.3 Å². The summed E-state index contributed by atoms with van der Waals surface area (Å²) in [6.45, 7) is -2.22. The molecule has 2 bridgehead atoms. The van der Waals surface area contributed by atoms with E-state index in [2.05, 4.69) is 9.64 Å². The van der Waals surface area contributed by atoms with Gasteiger partial charge in [0.15, 0.2) is 0 Å². The van der Waals surface area contributed by atoms with Crippen molar-refractivity contribution < 1.29 is 27.8 Å². The van der Waals surface area contributed by atoms with Crippen LogP contribution < -0.4 is 4.74 Å². The third-order valence-corrected chi connectivity index (χ3v) is 4.58. The van der Waals surface area contributed by atoms with Crippen LogP contribution in [0.3, 0.4) is 0 Å². The lowest BCUT2D eigenvalue weighted by Crippen LogP contribution is -2.59. The minimum absolute atomic E-state index is 0.0866. The number of rotatable bonds is 3. The second-order valence-corrected chi connectivity index (χ2v) is 5.94. The molecule has 2 heterocycles. The number of ether oxygens (including phenoxy) is 2. The van der Waals surface area contributed by atoms with Crippen molar-refractivity contribution in [3.63, 3.8) is 0 Å². The Labute approximate surface area is 126 Å². The van der Waals surface area contributed by atoms with Crippen molar-refractivity contribution in [2.24, 2.45) is 0 Å². The number of hydrogen-bond donors (Lipinski definition) is 1. The van der Waals surface area contributed by atoms with Gasteiger partial charge in [-0.2, -0.15) is 8.78 Å². The topological polar surface area (TPSA) is 41.9 Å². The van der Waals surface area contributed by atoms with Gasteiger partial charge in [-0.25, -0.2) is 4.39 Å². The minimum atomic E-state index is -3.07. The average Bonchev–Trinajstić information content (AvgIpc) is 2.40. The van der Waals surface area contributed by atoms with Crippen LogP contribution in [0.1, 0.15) is 18.4 Å². The van der Waals surface area contributed by atoms with Crippen molar-refractivity contribution >= 4 is 0 Å². The predicted molar refractivity (Wildman–Crippen MR) is 72.3 cm³/mol. The summed E-state index contributed by atoms with van der Waals surface area (Å²) in [4.78, 5) is 2.09. The molecule has 1 aromatic carbocycles. The first-order chi connectivity index (χ1) is 10.4. The molecule has 22 heavy (non-hydrogen) atoms. The third kappa shape index (κ3) is 2.68. The zero-order valence-corrected chi connectivity index (χ0v) is 12.1. The maximum atomic E-state index is 14.3. The summed E-state index contributed by atoms with van der Waals surface area (Å²) in [6.07, 6.45) is 0.418. The molecule has 0 saturated carbocycles. The maximum absolute atomic E-state index is 14.3. The van der Waals surface area contributed by atoms with Gasteiger partial charge in [0.05, 0.1) is 24.4 Å². The third-order valence-electron chi connectivity index (χ3n) is 4.58. The van der Waals surface area contributed by atoms with Crippen molar-refractivity contribution in [3.8, 4) is 5.75 Å². The fourth-order valence-electron chi connectivity index (χ4n) is 3.50. The van der Waals surface area contributed by atoms with Crippen LogP contribution in [0.4, 0.5) is 13.2 Å². The standard InChI is InChI=1S/C15H18F3NO3/c1-19-9-5-15(20,6-10(19)8-21-7-9)13-11(16)3-2-4-12(13)22-14(17)18/h2-4,9-10,14,20H,5-8H2,1H3. The average molecular weight is 317 g/mol. The zero-order chi connectivity index (χ0) is 15.9. The Morgan fingerprint density at radius 2 is 1.95 bits per heavy atom. The minimum Gasteiger partial charge on any atom is -0.434 e. The molecule has 122 valence electrons. The summed E-state index contributed by atoms with van der Waals surface area (Å²) in [7, 11) is 1.93. The summed E-state index contributed by atoms with van der Waals surface area (Å²) in [5.41, 5.74) is -1.72. The van der Waals surface area contributed by atoms with Crippen LogP contribution in [0.25, 0.3) is 0 Å². The van der Waals surface area contributed by atoms with E-state index in [1.54, 1.807) is 0 Å². The molecule has 2 saturated heterocycles. The number of likely N-dealkylation sites (N-methyl/N-ethyl adjacent to an activating group) is 1. The monoisotopic (exact) mass is 317 g/mol. The molecule has 1 aromatic rings. The molecule has 0 radical (unpaired) electrons. The van der Waals surface area contributed by atoms with E-state index in [4.69, 9.17) is 4.74 Å². The van der Waals surface area contributed by atoms with E-state index >= 15 is 0 Å². The first-order valence-electron chi connectivity index (χ1n) is 7.16. The maximum Gasteiger partial charge on any atom is 0.387 e. The molecule has 2 unspecified atom stereocenters. The van der Waals surface area contributed by atoms with Gasteiger partial charge in [-0.05, 0) is 32.0 Å². The number of morpholine rings is 1. The van der Waals surface area contributed by atoms with Crippen molar-refractivity contribution in [1.82, 2.24) is 4.90 Å². The molecule has 1 N–H and O–H groups in total. The second-order valence-electron chi connectivity index (χ2n) is 5.94. The number of alkyl halides is 2. The summed E-state index contributed by atoms with van der Waals surface area (Å²) in [6, 6.07) is 3.52. The second kappa shape index (κ2) is 5.72. The highest BCUT2D eigenvalue weighted by Crippen LogP contribution is 2.44. The van der Waals surface area contributed by atoms with Crippen LogP contribution in [-0.2, 0) is 10.3 Å². The van der Waals surface area contributed by atoms with Crippen molar-refractivity contribution in [2.45, 2.75) is 37.1 Å². The molecule has 3 rings (SSSR count). The first kappa shape index (κ1) is 15.6. The number of aliphatic hydroxyl groups is 1. The molecule has 7 heteroatoms. The van der Waals surface area contributed by atoms with E-state index in [-0.39, 0.29) is 36.2 Å². The molecule has 2 atom stereocenters. The van der Waals surface area contributed by atoms with Crippen molar-refractivity contribution in [1.29, 1.82) is 0 Å². The zero-order valence-electron chi connectivity index (χ0n) is 12.1. The van der Waals surface area contributed by atoms with E-state index in [9.17, 15) is 18.3 Å². The first-order valence-corrected chi connectivity index (χ1v) is 7.16. The van der Waals surface area contributed by atoms with E-state index < -0.39 is 18.0 Å². The van der Waals surface area contributed by atoms with E-state index in [1.807, 2.05) is 7.05 Å². The fraction of sp³-hybridized carbons (Fsp3) is 0.600. The lowest BCUT2D eigenvalue weighted by Gasteiger charge is -2.50. The summed E-state index contributed by atoms with van der Waals surface area (Å²) < 4.78 is 49.3. The number of fused-ring (bicyclic) bond motifs is 2. The lowest BCUT2D eigenvalue weighted by atomic mass is 9.76. The number of halogens is 3. The summed E-state index contributed by atoms with van der Waals surface area (Å²) in [5, 5.41) is 11.0. The van der Waals surface area contributed by atoms with Gasteiger partial charge >= 0.3 is 6.61 Å².